The Kier molecular flexibility index (Phi) is 6.86. The zero-order valence-electron chi connectivity index (χ0n) is 16.4. The van der Waals surface area contributed by atoms with Crippen molar-refractivity contribution in [3.8, 4) is 0 Å². The van der Waals surface area contributed by atoms with Gasteiger partial charge in [0.15, 0.2) is 5.96 Å². The van der Waals surface area contributed by atoms with Gasteiger partial charge in [0.05, 0.1) is 12.2 Å². The number of hydrogen-bond donors (Lipinski definition) is 2. The fourth-order valence-electron chi connectivity index (χ4n) is 4.15. The van der Waals surface area contributed by atoms with Gasteiger partial charge in [-0.3, -0.25) is 14.9 Å². The summed E-state index contributed by atoms with van der Waals surface area (Å²) in [6.45, 7) is 6.50. The maximum Gasteiger partial charge on any atom is 0.191 e. The first-order valence-electron chi connectivity index (χ1n) is 10.00. The summed E-state index contributed by atoms with van der Waals surface area (Å²) in [5, 5.41) is 7.01. The third-order valence-electron chi connectivity index (χ3n) is 5.92. The van der Waals surface area contributed by atoms with Gasteiger partial charge in [-0.1, -0.05) is 12.5 Å². The first-order chi connectivity index (χ1) is 12.7. The van der Waals surface area contributed by atoms with E-state index in [-0.39, 0.29) is 5.54 Å². The fourth-order valence-corrected chi connectivity index (χ4v) is 4.15. The van der Waals surface area contributed by atoms with Crippen molar-refractivity contribution < 1.29 is 0 Å². The summed E-state index contributed by atoms with van der Waals surface area (Å²) >= 11 is 0. The summed E-state index contributed by atoms with van der Waals surface area (Å²) in [6.07, 6.45) is 8.35. The molecule has 2 N–H and O–H groups in total. The summed E-state index contributed by atoms with van der Waals surface area (Å²) in [5.74, 6) is 0.867. The van der Waals surface area contributed by atoms with Gasteiger partial charge in [0.25, 0.3) is 0 Å². The Morgan fingerprint density at radius 2 is 1.88 bits per heavy atom. The minimum absolute atomic E-state index is 0.259. The van der Waals surface area contributed by atoms with Crippen LogP contribution in [0, 0.1) is 0 Å². The summed E-state index contributed by atoms with van der Waals surface area (Å²) in [6, 6.07) is 6.00. The molecule has 2 fully saturated rings. The average Bonchev–Trinajstić information content (AvgIpc) is 2.71. The van der Waals surface area contributed by atoms with Crippen molar-refractivity contribution in [2.45, 2.75) is 44.2 Å². The molecule has 26 heavy (non-hydrogen) atoms. The van der Waals surface area contributed by atoms with E-state index in [1.807, 2.05) is 31.4 Å². The van der Waals surface area contributed by atoms with E-state index in [0.29, 0.717) is 6.54 Å². The first kappa shape index (κ1) is 19.1. The molecule has 2 saturated heterocycles. The molecule has 0 atom stereocenters. The van der Waals surface area contributed by atoms with Gasteiger partial charge in [-0.2, -0.15) is 0 Å². The molecule has 2 aliphatic heterocycles. The maximum absolute atomic E-state index is 4.42. The number of hydrogen-bond acceptors (Lipinski definition) is 4. The second kappa shape index (κ2) is 9.33. The summed E-state index contributed by atoms with van der Waals surface area (Å²) < 4.78 is 0. The second-order valence-electron chi connectivity index (χ2n) is 7.68. The molecule has 0 bridgehead atoms. The number of rotatable bonds is 5. The van der Waals surface area contributed by atoms with E-state index >= 15 is 0 Å². The SMILES string of the molecule is CN=C(NCc1ccccn1)NCC1(N2CCCCC2)CCN(C)CC1. The monoisotopic (exact) mass is 358 g/mol. The minimum atomic E-state index is 0.259. The predicted octanol–water partition coefficient (Wildman–Crippen LogP) is 1.70. The number of aliphatic imine (C=N–C) groups is 1. The minimum Gasteiger partial charge on any atom is -0.355 e. The molecule has 0 amide bonds. The Labute approximate surface area is 158 Å². The molecule has 0 radical (unpaired) electrons. The van der Waals surface area contributed by atoms with Crippen LogP contribution in [0.15, 0.2) is 29.4 Å². The molecule has 3 rings (SSSR count). The maximum atomic E-state index is 4.42. The van der Waals surface area contributed by atoms with Crippen LogP contribution in [0.4, 0.5) is 0 Å². The number of guanidine groups is 1. The Balaban J connectivity index is 1.59. The van der Waals surface area contributed by atoms with E-state index in [1.54, 1.807) is 0 Å². The third kappa shape index (κ3) is 4.95. The van der Waals surface area contributed by atoms with Crippen LogP contribution >= 0.6 is 0 Å². The zero-order valence-corrected chi connectivity index (χ0v) is 16.4. The molecule has 6 heteroatoms. The number of nitrogens with one attached hydrogen (secondary N) is 2. The molecule has 0 saturated carbocycles. The van der Waals surface area contributed by atoms with Gasteiger partial charge in [-0.25, -0.2) is 0 Å². The topological polar surface area (TPSA) is 55.8 Å². The standard InChI is InChI=1S/C20H34N6/c1-21-19(23-16-18-8-4-5-11-22-18)24-17-20(9-14-25(2)15-10-20)26-12-6-3-7-13-26/h4-5,8,11H,3,6-7,9-10,12-17H2,1-2H3,(H2,21,23,24). The Morgan fingerprint density at radius 1 is 1.12 bits per heavy atom. The number of nitrogens with zero attached hydrogens (tertiary/aromatic N) is 4. The molecule has 1 aromatic rings. The van der Waals surface area contributed by atoms with Crippen LogP contribution in [0.1, 0.15) is 37.8 Å². The lowest BCUT2D eigenvalue weighted by Gasteiger charge is -2.50. The molecule has 3 heterocycles. The molecule has 2 aliphatic rings. The molecule has 0 aromatic carbocycles. The molecule has 0 aliphatic carbocycles. The average molecular weight is 359 g/mol. The van der Waals surface area contributed by atoms with Crippen molar-refractivity contribution in [2.75, 3.05) is 46.8 Å². The molecule has 6 nitrogen and oxygen atoms in total. The van der Waals surface area contributed by atoms with E-state index in [0.717, 1.165) is 18.2 Å². The fraction of sp³-hybridized carbons (Fsp3) is 0.700. The van der Waals surface area contributed by atoms with Crippen molar-refractivity contribution in [2.24, 2.45) is 4.99 Å². The Hall–Kier alpha value is -1.66. The zero-order chi connectivity index (χ0) is 18.2. The lowest BCUT2D eigenvalue weighted by molar-refractivity contribution is 0.0173. The number of likely N-dealkylation sites (tertiary alicyclic amines) is 2. The molecule has 0 unspecified atom stereocenters. The van der Waals surface area contributed by atoms with Crippen LogP contribution in [0.5, 0.6) is 0 Å². The molecule has 0 spiro atoms. The van der Waals surface area contributed by atoms with Crippen LogP contribution in [-0.4, -0.2) is 73.1 Å². The van der Waals surface area contributed by atoms with Gasteiger partial charge in [-0.15, -0.1) is 0 Å². The van der Waals surface area contributed by atoms with Crippen LogP contribution < -0.4 is 10.6 Å². The van der Waals surface area contributed by atoms with Gasteiger partial charge >= 0.3 is 0 Å². The largest absolute Gasteiger partial charge is 0.355 e. The molecule has 144 valence electrons. The highest BCUT2D eigenvalue weighted by molar-refractivity contribution is 5.79. The van der Waals surface area contributed by atoms with E-state index in [1.165, 1.54) is 58.3 Å². The Bertz CT molecular complexity index is 559. The highest BCUT2D eigenvalue weighted by Crippen LogP contribution is 2.30. The van der Waals surface area contributed by atoms with Crippen LogP contribution in [0.25, 0.3) is 0 Å². The van der Waals surface area contributed by atoms with Crippen LogP contribution in [0.2, 0.25) is 0 Å². The first-order valence-corrected chi connectivity index (χ1v) is 10.00. The van der Waals surface area contributed by atoms with E-state index in [4.69, 9.17) is 0 Å². The normalized spacial score (nSPS) is 22.2. The van der Waals surface area contributed by atoms with Gasteiger partial charge in [0, 0.05) is 25.3 Å². The van der Waals surface area contributed by atoms with Gasteiger partial charge in [0.1, 0.15) is 0 Å². The predicted molar refractivity (Wildman–Crippen MR) is 107 cm³/mol. The lowest BCUT2D eigenvalue weighted by Crippen LogP contribution is -2.62. The summed E-state index contributed by atoms with van der Waals surface area (Å²) in [4.78, 5) is 14.0. The van der Waals surface area contributed by atoms with Crippen LogP contribution in [0.3, 0.4) is 0 Å². The molecular formula is C20H34N6. The van der Waals surface area contributed by atoms with Crippen molar-refractivity contribution in [3.63, 3.8) is 0 Å². The lowest BCUT2D eigenvalue weighted by atomic mass is 9.84. The van der Waals surface area contributed by atoms with E-state index in [9.17, 15) is 0 Å². The van der Waals surface area contributed by atoms with Gasteiger partial charge in [-0.05, 0) is 71.0 Å². The van der Waals surface area contributed by atoms with Crippen LogP contribution in [-0.2, 0) is 6.54 Å². The second-order valence-corrected chi connectivity index (χ2v) is 7.68. The highest BCUT2D eigenvalue weighted by Gasteiger charge is 2.39. The number of piperidine rings is 2. The summed E-state index contributed by atoms with van der Waals surface area (Å²) in [7, 11) is 4.08. The quantitative estimate of drug-likeness (QED) is 0.620. The van der Waals surface area contributed by atoms with Crippen molar-refractivity contribution in [1.29, 1.82) is 0 Å². The number of aromatic nitrogens is 1. The molecular weight excluding hydrogens is 324 g/mol. The van der Waals surface area contributed by atoms with Gasteiger partial charge < -0.3 is 15.5 Å². The van der Waals surface area contributed by atoms with Gasteiger partial charge in [0.2, 0.25) is 0 Å². The summed E-state index contributed by atoms with van der Waals surface area (Å²) in [5.41, 5.74) is 1.29. The Morgan fingerprint density at radius 3 is 2.54 bits per heavy atom. The van der Waals surface area contributed by atoms with Crippen molar-refractivity contribution in [3.05, 3.63) is 30.1 Å². The third-order valence-corrected chi connectivity index (χ3v) is 5.92. The highest BCUT2D eigenvalue weighted by atomic mass is 15.3. The van der Waals surface area contributed by atoms with E-state index in [2.05, 4.69) is 37.5 Å². The van der Waals surface area contributed by atoms with E-state index < -0.39 is 0 Å². The smallest absolute Gasteiger partial charge is 0.191 e. The van der Waals surface area contributed by atoms with Crippen molar-refractivity contribution >= 4 is 5.96 Å². The van der Waals surface area contributed by atoms with Crippen molar-refractivity contribution in [1.82, 2.24) is 25.4 Å². The molecule has 1 aromatic heterocycles. The number of pyridine rings is 1.